The first-order valence-electron chi connectivity index (χ1n) is 12.7. The third-order valence-corrected chi connectivity index (χ3v) is 10.3. The van der Waals surface area contributed by atoms with Crippen LogP contribution in [0.4, 0.5) is 0 Å². The van der Waals surface area contributed by atoms with Crippen LogP contribution in [0.1, 0.15) is 98.8 Å². The predicted octanol–water partition coefficient (Wildman–Crippen LogP) is 6.36. The van der Waals surface area contributed by atoms with Crippen molar-refractivity contribution < 1.29 is 10.2 Å². The summed E-state index contributed by atoms with van der Waals surface area (Å²) in [7, 11) is 0. The molecule has 4 rings (SSSR count). The van der Waals surface area contributed by atoms with Gasteiger partial charge in [-0.1, -0.05) is 60.0 Å². The molecule has 0 radical (unpaired) electrons. The Labute approximate surface area is 179 Å². The zero-order valence-electron chi connectivity index (χ0n) is 19.7. The zero-order chi connectivity index (χ0) is 21.0. The van der Waals surface area contributed by atoms with Gasteiger partial charge < -0.3 is 10.2 Å². The molecule has 29 heavy (non-hydrogen) atoms. The van der Waals surface area contributed by atoms with E-state index in [0.717, 1.165) is 42.9 Å². The summed E-state index contributed by atoms with van der Waals surface area (Å²) < 4.78 is 0. The Morgan fingerprint density at radius 1 is 0.966 bits per heavy atom. The minimum Gasteiger partial charge on any atom is -0.389 e. The zero-order valence-corrected chi connectivity index (χ0v) is 19.7. The maximum absolute atomic E-state index is 11.1. The lowest BCUT2D eigenvalue weighted by atomic mass is 9.46. The summed E-state index contributed by atoms with van der Waals surface area (Å²) >= 11 is 0. The molecule has 0 heterocycles. The fourth-order valence-corrected chi connectivity index (χ4v) is 8.78. The highest BCUT2D eigenvalue weighted by molar-refractivity contribution is 5.29. The molecule has 0 aromatic heterocycles. The van der Waals surface area contributed by atoms with Crippen LogP contribution in [0.25, 0.3) is 0 Å². The van der Waals surface area contributed by atoms with Gasteiger partial charge in [-0.05, 0) is 96.9 Å². The summed E-state index contributed by atoms with van der Waals surface area (Å²) in [5, 5.41) is 21.3. The number of aliphatic hydroxyl groups is 2. The van der Waals surface area contributed by atoms with E-state index in [1.54, 1.807) is 0 Å². The molecule has 0 aliphatic heterocycles. The van der Waals surface area contributed by atoms with Gasteiger partial charge in [0.05, 0.1) is 12.2 Å². The smallest absolute Gasteiger partial charge is 0.0759 e. The molecule has 3 fully saturated rings. The normalized spacial score (nSPS) is 47.9. The van der Waals surface area contributed by atoms with E-state index in [9.17, 15) is 10.2 Å². The molecule has 9 atom stereocenters. The number of hydrogen-bond donors (Lipinski definition) is 2. The summed E-state index contributed by atoms with van der Waals surface area (Å²) in [6.07, 6.45) is 13.8. The van der Waals surface area contributed by atoms with Crippen LogP contribution < -0.4 is 0 Å². The van der Waals surface area contributed by atoms with Crippen LogP contribution >= 0.6 is 0 Å². The predicted molar refractivity (Wildman–Crippen MR) is 120 cm³/mol. The molecule has 0 aromatic rings. The second kappa shape index (κ2) is 7.97. The Hall–Kier alpha value is -0.340. The number of aliphatic hydroxyl groups excluding tert-OH is 2. The highest BCUT2D eigenvalue weighted by Crippen LogP contribution is 2.67. The molecule has 0 aromatic carbocycles. The van der Waals surface area contributed by atoms with E-state index in [1.807, 2.05) is 6.08 Å². The quantitative estimate of drug-likeness (QED) is 0.525. The monoisotopic (exact) mass is 402 g/mol. The Bertz CT molecular complexity index is 624. The summed E-state index contributed by atoms with van der Waals surface area (Å²) in [5.41, 5.74) is 1.77. The molecule has 0 saturated heterocycles. The van der Waals surface area contributed by atoms with Gasteiger partial charge in [-0.25, -0.2) is 0 Å². The molecule has 2 N–H and O–H groups in total. The van der Waals surface area contributed by atoms with E-state index in [1.165, 1.54) is 50.5 Å². The molecular weight excluding hydrogens is 356 g/mol. The van der Waals surface area contributed by atoms with Crippen molar-refractivity contribution in [3.05, 3.63) is 11.6 Å². The van der Waals surface area contributed by atoms with E-state index in [2.05, 4.69) is 34.6 Å². The van der Waals surface area contributed by atoms with Gasteiger partial charge in [0.15, 0.2) is 0 Å². The van der Waals surface area contributed by atoms with Crippen LogP contribution in [0.2, 0.25) is 0 Å². The average molecular weight is 403 g/mol. The second-order valence-corrected chi connectivity index (χ2v) is 12.3. The second-order valence-electron chi connectivity index (χ2n) is 12.3. The van der Waals surface area contributed by atoms with Crippen molar-refractivity contribution in [3.63, 3.8) is 0 Å². The number of fused-ring (bicyclic) bond motifs is 5. The lowest BCUT2D eigenvalue weighted by Crippen LogP contribution is -2.54. The molecule has 4 aliphatic rings. The summed E-state index contributed by atoms with van der Waals surface area (Å²) in [6.45, 7) is 12.3. The molecular formula is C27H46O2. The van der Waals surface area contributed by atoms with Gasteiger partial charge in [0.2, 0.25) is 0 Å². The van der Waals surface area contributed by atoms with E-state index in [4.69, 9.17) is 0 Å². The molecule has 0 amide bonds. The van der Waals surface area contributed by atoms with E-state index in [-0.39, 0.29) is 17.6 Å². The molecule has 4 aliphatic carbocycles. The van der Waals surface area contributed by atoms with Gasteiger partial charge in [-0.3, -0.25) is 0 Å². The standard InChI is InChI=1S/C27H46O2/c1-17(2)7-6-8-18(3)21-9-10-22-20-16-25(29)24-15-19(28)11-13-27(24,5)23(20)12-14-26(21,22)4/h15,17-23,25,28-29H,6-14,16H2,1-5H3/t18-,19-,20-,21+,22+,23-,25+,26-,27+/m1/s1. The van der Waals surface area contributed by atoms with Crippen molar-refractivity contribution >= 4 is 0 Å². The van der Waals surface area contributed by atoms with Gasteiger partial charge in [0.25, 0.3) is 0 Å². The van der Waals surface area contributed by atoms with Gasteiger partial charge in [-0.2, -0.15) is 0 Å². The fourth-order valence-electron chi connectivity index (χ4n) is 8.78. The Balaban J connectivity index is 1.52. The molecule has 166 valence electrons. The van der Waals surface area contributed by atoms with E-state index in [0.29, 0.717) is 17.3 Å². The average Bonchev–Trinajstić information content (AvgIpc) is 3.00. The van der Waals surface area contributed by atoms with Crippen LogP contribution in [0.3, 0.4) is 0 Å². The van der Waals surface area contributed by atoms with Crippen molar-refractivity contribution in [3.8, 4) is 0 Å². The first kappa shape index (κ1) is 21.9. The van der Waals surface area contributed by atoms with Crippen molar-refractivity contribution in [2.45, 2.75) is 111 Å². The lowest BCUT2D eigenvalue weighted by molar-refractivity contribution is -0.0874. The molecule has 0 spiro atoms. The molecule has 2 nitrogen and oxygen atoms in total. The van der Waals surface area contributed by atoms with E-state index < -0.39 is 0 Å². The third-order valence-electron chi connectivity index (χ3n) is 10.3. The van der Waals surface area contributed by atoms with Gasteiger partial charge >= 0.3 is 0 Å². The lowest BCUT2D eigenvalue weighted by Gasteiger charge is -2.60. The molecule has 0 unspecified atom stereocenters. The Morgan fingerprint density at radius 2 is 1.72 bits per heavy atom. The molecule has 3 saturated carbocycles. The number of rotatable bonds is 5. The highest BCUT2D eigenvalue weighted by atomic mass is 16.3. The van der Waals surface area contributed by atoms with Crippen LogP contribution in [0.5, 0.6) is 0 Å². The molecule has 0 bridgehead atoms. The number of hydrogen-bond acceptors (Lipinski definition) is 2. The Kier molecular flexibility index (Phi) is 6.01. The highest BCUT2D eigenvalue weighted by Gasteiger charge is 2.60. The maximum Gasteiger partial charge on any atom is 0.0759 e. The Morgan fingerprint density at radius 3 is 2.45 bits per heavy atom. The van der Waals surface area contributed by atoms with Gasteiger partial charge in [0.1, 0.15) is 0 Å². The van der Waals surface area contributed by atoms with Gasteiger partial charge in [0, 0.05) is 0 Å². The molecule has 2 heteroatoms. The van der Waals surface area contributed by atoms with Crippen LogP contribution in [-0.2, 0) is 0 Å². The van der Waals surface area contributed by atoms with Crippen molar-refractivity contribution in [2.75, 3.05) is 0 Å². The first-order valence-corrected chi connectivity index (χ1v) is 12.7. The van der Waals surface area contributed by atoms with Crippen LogP contribution in [-0.4, -0.2) is 22.4 Å². The summed E-state index contributed by atoms with van der Waals surface area (Å²) in [6, 6.07) is 0. The minimum atomic E-state index is -0.347. The fraction of sp³-hybridized carbons (Fsp3) is 0.926. The van der Waals surface area contributed by atoms with Crippen molar-refractivity contribution in [1.29, 1.82) is 0 Å². The van der Waals surface area contributed by atoms with E-state index >= 15 is 0 Å². The maximum atomic E-state index is 11.1. The first-order chi connectivity index (χ1) is 13.7. The van der Waals surface area contributed by atoms with Gasteiger partial charge in [-0.15, -0.1) is 0 Å². The van der Waals surface area contributed by atoms with Crippen molar-refractivity contribution in [2.24, 2.45) is 46.3 Å². The largest absolute Gasteiger partial charge is 0.389 e. The third kappa shape index (κ3) is 3.65. The van der Waals surface area contributed by atoms with Crippen LogP contribution in [0.15, 0.2) is 11.6 Å². The summed E-state index contributed by atoms with van der Waals surface area (Å²) in [5.74, 6) is 4.70. The van der Waals surface area contributed by atoms with Crippen molar-refractivity contribution in [1.82, 2.24) is 0 Å². The summed E-state index contributed by atoms with van der Waals surface area (Å²) in [4.78, 5) is 0. The SMILES string of the molecule is CC(C)CCC[C@@H](C)[C@@H]1CC[C@H]2[C@H]3C[C@H](O)C4=C[C@H](O)CC[C@@]4(C)[C@@H]3CC[C@@]21C. The van der Waals surface area contributed by atoms with Crippen LogP contribution in [0, 0.1) is 46.3 Å². The topological polar surface area (TPSA) is 40.5 Å². The minimum absolute atomic E-state index is 0.115.